The predicted molar refractivity (Wildman–Crippen MR) is 91.7 cm³/mol. The van der Waals surface area contributed by atoms with Gasteiger partial charge in [0.1, 0.15) is 0 Å². The average molecular weight is 305 g/mol. The van der Waals surface area contributed by atoms with E-state index in [2.05, 4.69) is 47.9 Å². The van der Waals surface area contributed by atoms with Crippen LogP contribution >= 0.6 is 0 Å². The van der Waals surface area contributed by atoms with E-state index in [-0.39, 0.29) is 12.4 Å². The first kappa shape index (κ1) is 15.1. The summed E-state index contributed by atoms with van der Waals surface area (Å²) < 4.78 is 6.94. The number of aromatic nitrogens is 1. The molecule has 0 saturated carbocycles. The maximum absolute atomic E-state index is 11.7. The molecular formula is C20H19NO2. The van der Waals surface area contributed by atoms with Crippen molar-refractivity contribution in [3.05, 3.63) is 78.0 Å². The SMILES string of the molecule is COC(=O)Cc1ccc(-c2ccccc2)n1-c1ccc(C)cc1. The van der Waals surface area contributed by atoms with Crippen molar-refractivity contribution in [3.8, 4) is 16.9 Å². The Bertz CT molecular complexity index is 801. The van der Waals surface area contributed by atoms with Gasteiger partial charge in [0.15, 0.2) is 0 Å². The summed E-state index contributed by atoms with van der Waals surface area (Å²) >= 11 is 0. The molecule has 116 valence electrons. The van der Waals surface area contributed by atoms with Gasteiger partial charge in [0, 0.05) is 11.4 Å². The molecule has 0 aliphatic carbocycles. The van der Waals surface area contributed by atoms with Crippen LogP contribution in [-0.4, -0.2) is 17.6 Å². The molecule has 2 aromatic carbocycles. The molecule has 3 rings (SSSR count). The van der Waals surface area contributed by atoms with E-state index in [0.29, 0.717) is 0 Å². The first-order chi connectivity index (χ1) is 11.2. The van der Waals surface area contributed by atoms with E-state index in [1.165, 1.54) is 12.7 Å². The minimum Gasteiger partial charge on any atom is -0.469 e. The van der Waals surface area contributed by atoms with Crippen LogP contribution in [0.4, 0.5) is 0 Å². The Kier molecular flexibility index (Phi) is 4.29. The lowest BCUT2D eigenvalue weighted by Crippen LogP contribution is -2.10. The zero-order chi connectivity index (χ0) is 16.2. The molecular weight excluding hydrogens is 286 g/mol. The molecule has 0 fully saturated rings. The maximum Gasteiger partial charge on any atom is 0.311 e. The third-order valence-corrected chi connectivity index (χ3v) is 3.88. The van der Waals surface area contributed by atoms with Crippen LogP contribution in [0.25, 0.3) is 16.9 Å². The molecule has 0 saturated heterocycles. The first-order valence-corrected chi connectivity index (χ1v) is 7.59. The largest absolute Gasteiger partial charge is 0.469 e. The van der Waals surface area contributed by atoms with Crippen molar-refractivity contribution < 1.29 is 9.53 Å². The lowest BCUT2D eigenvalue weighted by Gasteiger charge is -2.14. The highest BCUT2D eigenvalue weighted by Crippen LogP contribution is 2.27. The molecule has 0 aliphatic heterocycles. The van der Waals surface area contributed by atoms with Gasteiger partial charge in [0.25, 0.3) is 0 Å². The van der Waals surface area contributed by atoms with Gasteiger partial charge in [-0.25, -0.2) is 0 Å². The summed E-state index contributed by atoms with van der Waals surface area (Å²) in [5.74, 6) is -0.240. The third kappa shape index (κ3) is 3.19. The Balaban J connectivity index is 2.13. The molecule has 0 radical (unpaired) electrons. The van der Waals surface area contributed by atoms with Crippen molar-refractivity contribution in [2.45, 2.75) is 13.3 Å². The van der Waals surface area contributed by atoms with E-state index in [1.54, 1.807) is 0 Å². The van der Waals surface area contributed by atoms with Crippen LogP contribution in [0.5, 0.6) is 0 Å². The summed E-state index contributed by atoms with van der Waals surface area (Å²) in [5, 5.41) is 0. The molecule has 3 heteroatoms. The maximum atomic E-state index is 11.7. The summed E-state index contributed by atoms with van der Waals surface area (Å²) in [7, 11) is 1.42. The number of nitrogens with zero attached hydrogens (tertiary/aromatic N) is 1. The van der Waals surface area contributed by atoms with E-state index >= 15 is 0 Å². The van der Waals surface area contributed by atoms with Gasteiger partial charge in [-0.1, -0.05) is 48.0 Å². The van der Waals surface area contributed by atoms with Crippen molar-refractivity contribution in [3.63, 3.8) is 0 Å². The van der Waals surface area contributed by atoms with Crippen LogP contribution < -0.4 is 0 Å². The molecule has 3 aromatic rings. The van der Waals surface area contributed by atoms with Gasteiger partial charge in [-0.2, -0.15) is 0 Å². The van der Waals surface area contributed by atoms with E-state index < -0.39 is 0 Å². The Morgan fingerprint density at radius 2 is 1.65 bits per heavy atom. The summed E-state index contributed by atoms with van der Waals surface area (Å²) in [5.41, 5.74) is 5.34. The van der Waals surface area contributed by atoms with Crippen LogP contribution in [0, 0.1) is 6.92 Å². The van der Waals surface area contributed by atoms with E-state index in [1.807, 2.05) is 30.3 Å². The van der Waals surface area contributed by atoms with Crippen molar-refractivity contribution in [1.82, 2.24) is 4.57 Å². The highest BCUT2D eigenvalue weighted by Gasteiger charge is 2.14. The Hall–Kier alpha value is -2.81. The number of esters is 1. The minimum absolute atomic E-state index is 0.240. The molecule has 0 unspecified atom stereocenters. The number of ether oxygens (including phenoxy) is 1. The van der Waals surface area contributed by atoms with Crippen LogP contribution in [0.15, 0.2) is 66.7 Å². The molecule has 0 atom stereocenters. The zero-order valence-corrected chi connectivity index (χ0v) is 13.3. The summed E-state index contributed by atoms with van der Waals surface area (Å²) in [6.45, 7) is 2.06. The molecule has 0 amide bonds. The van der Waals surface area contributed by atoms with Crippen molar-refractivity contribution in [2.24, 2.45) is 0 Å². The van der Waals surface area contributed by atoms with Gasteiger partial charge in [0.2, 0.25) is 0 Å². The number of methoxy groups -OCH3 is 1. The molecule has 3 nitrogen and oxygen atoms in total. The lowest BCUT2D eigenvalue weighted by atomic mass is 10.1. The number of hydrogen-bond acceptors (Lipinski definition) is 2. The molecule has 0 aliphatic rings. The van der Waals surface area contributed by atoms with Crippen molar-refractivity contribution >= 4 is 5.97 Å². The monoisotopic (exact) mass is 305 g/mol. The quantitative estimate of drug-likeness (QED) is 0.677. The van der Waals surface area contributed by atoms with Crippen LogP contribution in [0.2, 0.25) is 0 Å². The fraction of sp³-hybridized carbons (Fsp3) is 0.150. The smallest absolute Gasteiger partial charge is 0.311 e. The fourth-order valence-electron chi connectivity index (χ4n) is 2.67. The summed E-state index contributed by atoms with van der Waals surface area (Å²) in [6, 6.07) is 22.5. The highest BCUT2D eigenvalue weighted by molar-refractivity contribution is 5.74. The first-order valence-electron chi connectivity index (χ1n) is 7.59. The van der Waals surface area contributed by atoms with Gasteiger partial charge in [-0.05, 0) is 36.8 Å². The fourth-order valence-corrected chi connectivity index (χ4v) is 2.67. The number of hydrogen-bond donors (Lipinski definition) is 0. The van der Waals surface area contributed by atoms with E-state index in [9.17, 15) is 4.79 Å². The standard InChI is InChI=1S/C20H19NO2/c1-15-8-10-17(11-9-15)21-18(14-20(22)23-2)12-13-19(21)16-6-4-3-5-7-16/h3-13H,14H2,1-2H3. The molecule has 0 spiro atoms. The van der Waals surface area contributed by atoms with E-state index in [4.69, 9.17) is 4.74 Å². The van der Waals surface area contributed by atoms with Crippen molar-refractivity contribution in [2.75, 3.05) is 7.11 Å². The second kappa shape index (κ2) is 6.53. The summed E-state index contributed by atoms with van der Waals surface area (Å²) in [6.07, 6.45) is 0.247. The van der Waals surface area contributed by atoms with Crippen LogP contribution in [0.1, 0.15) is 11.3 Å². The number of carbonyl (C=O) groups is 1. The molecule has 23 heavy (non-hydrogen) atoms. The summed E-state index contributed by atoms with van der Waals surface area (Å²) in [4.78, 5) is 11.7. The number of benzene rings is 2. The van der Waals surface area contributed by atoms with Crippen LogP contribution in [-0.2, 0) is 16.0 Å². The molecule has 1 heterocycles. The highest BCUT2D eigenvalue weighted by atomic mass is 16.5. The van der Waals surface area contributed by atoms with Gasteiger partial charge in [0.05, 0.1) is 19.2 Å². The average Bonchev–Trinajstić information content (AvgIpc) is 3.00. The lowest BCUT2D eigenvalue weighted by molar-refractivity contribution is -0.139. The molecule has 0 bridgehead atoms. The minimum atomic E-state index is -0.240. The topological polar surface area (TPSA) is 31.2 Å². The second-order valence-electron chi connectivity index (χ2n) is 5.50. The van der Waals surface area contributed by atoms with E-state index in [0.717, 1.165) is 22.6 Å². The second-order valence-corrected chi connectivity index (χ2v) is 5.50. The number of rotatable bonds is 4. The third-order valence-electron chi connectivity index (χ3n) is 3.88. The van der Waals surface area contributed by atoms with Gasteiger partial charge in [-0.3, -0.25) is 4.79 Å². The number of carbonyl (C=O) groups excluding carboxylic acids is 1. The predicted octanol–water partition coefficient (Wildman–Crippen LogP) is 4.17. The van der Waals surface area contributed by atoms with Gasteiger partial charge in [-0.15, -0.1) is 0 Å². The Morgan fingerprint density at radius 1 is 0.957 bits per heavy atom. The van der Waals surface area contributed by atoms with Gasteiger partial charge < -0.3 is 9.30 Å². The normalized spacial score (nSPS) is 10.5. The van der Waals surface area contributed by atoms with Crippen molar-refractivity contribution in [1.29, 1.82) is 0 Å². The van der Waals surface area contributed by atoms with Gasteiger partial charge >= 0.3 is 5.97 Å². The number of aryl methyl sites for hydroxylation is 1. The Morgan fingerprint density at radius 3 is 2.30 bits per heavy atom. The zero-order valence-electron chi connectivity index (χ0n) is 13.3. The Labute approximate surface area is 136 Å². The van der Waals surface area contributed by atoms with Crippen LogP contribution in [0.3, 0.4) is 0 Å². The molecule has 0 N–H and O–H groups in total. The molecule has 1 aromatic heterocycles.